The zero-order valence-corrected chi connectivity index (χ0v) is 19.3. The average molecular weight is 447 g/mol. The summed E-state index contributed by atoms with van der Waals surface area (Å²) >= 11 is 0. The van der Waals surface area contributed by atoms with Crippen molar-refractivity contribution in [3.63, 3.8) is 0 Å². The van der Waals surface area contributed by atoms with Gasteiger partial charge in [-0.05, 0) is 67.2 Å². The summed E-state index contributed by atoms with van der Waals surface area (Å²) in [5.41, 5.74) is 3.71. The fourth-order valence-corrected chi connectivity index (χ4v) is 6.05. The lowest BCUT2D eigenvalue weighted by atomic mass is 9.73. The van der Waals surface area contributed by atoms with Gasteiger partial charge in [-0.2, -0.15) is 5.26 Å². The summed E-state index contributed by atoms with van der Waals surface area (Å²) in [5, 5.41) is 19.9. The van der Waals surface area contributed by atoms with E-state index in [4.69, 9.17) is 9.47 Å². The number of benzene rings is 2. The molecule has 1 N–H and O–H groups in total. The minimum absolute atomic E-state index is 0.349. The van der Waals surface area contributed by atoms with Gasteiger partial charge in [0, 0.05) is 25.3 Å². The van der Waals surface area contributed by atoms with Crippen LogP contribution in [0.5, 0.6) is 11.5 Å². The molecule has 33 heavy (non-hydrogen) atoms. The molecule has 1 saturated heterocycles. The Hall–Kier alpha value is -2.71. The van der Waals surface area contributed by atoms with Gasteiger partial charge in [-0.15, -0.1) is 0 Å². The van der Waals surface area contributed by atoms with Crippen molar-refractivity contribution in [2.45, 2.75) is 44.9 Å². The Morgan fingerprint density at radius 2 is 1.70 bits per heavy atom. The van der Waals surface area contributed by atoms with E-state index in [0.717, 1.165) is 65.7 Å². The van der Waals surface area contributed by atoms with E-state index in [1.54, 1.807) is 0 Å². The molecule has 0 amide bonds. The summed E-state index contributed by atoms with van der Waals surface area (Å²) < 4.78 is 11.4. The van der Waals surface area contributed by atoms with E-state index in [-0.39, 0.29) is 0 Å². The van der Waals surface area contributed by atoms with Crippen molar-refractivity contribution < 1.29 is 14.6 Å². The molecule has 0 aromatic heterocycles. The van der Waals surface area contributed by atoms with E-state index >= 15 is 0 Å². The zero-order valence-electron chi connectivity index (χ0n) is 19.3. The molecule has 2 heterocycles. The van der Waals surface area contributed by atoms with E-state index in [0.29, 0.717) is 31.7 Å². The second kappa shape index (κ2) is 10.1. The molecule has 1 aliphatic carbocycles. The molecule has 2 aromatic carbocycles. The number of nitriles is 1. The summed E-state index contributed by atoms with van der Waals surface area (Å²) in [5.74, 6) is 3.43. The van der Waals surface area contributed by atoms with Crippen molar-refractivity contribution in [2.24, 2.45) is 17.8 Å². The van der Waals surface area contributed by atoms with Crippen LogP contribution < -0.4 is 14.4 Å². The van der Waals surface area contributed by atoms with Gasteiger partial charge in [0.15, 0.2) is 11.5 Å². The van der Waals surface area contributed by atoms with Crippen molar-refractivity contribution in [2.75, 3.05) is 37.8 Å². The van der Waals surface area contributed by atoms with Gasteiger partial charge in [0.1, 0.15) is 19.3 Å². The molecule has 0 bridgehead atoms. The third-order valence-electron chi connectivity index (χ3n) is 7.90. The standard InChI is InChI=1S/C28H34N2O3/c29-18-25-24(22-8-9-27-28(17-22)33-15-14-32-27)6-3-7-26(25)30-12-10-20(11-13-30)16-21-4-1-2-5-23(21)19-31/h3,6-9,17,20-21,23,31H,1-2,4-5,10-16,19H2. The van der Waals surface area contributed by atoms with Gasteiger partial charge in [0.2, 0.25) is 0 Å². The first-order valence-corrected chi connectivity index (χ1v) is 12.6. The minimum atomic E-state index is 0.349. The Balaban J connectivity index is 1.30. The van der Waals surface area contributed by atoms with Gasteiger partial charge in [0.25, 0.3) is 0 Å². The monoisotopic (exact) mass is 446 g/mol. The van der Waals surface area contributed by atoms with Crippen LogP contribution in [0.3, 0.4) is 0 Å². The molecule has 0 radical (unpaired) electrons. The van der Waals surface area contributed by atoms with Gasteiger partial charge in [0.05, 0.1) is 11.3 Å². The number of hydrogen-bond donors (Lipinski definition) is 1. The lowest BCUT2D eigenvalue weighted by Crippen LogP contribution is -2.36. The molecular weight excluding hydrogens is 412 g/mol. The number of hydrogen-bond acceptors (Lipinski definition) is 5. The van der Waals surface area contributed by atoms with E-state index in [2.05, 4.69) is 23.1 Å². The largest absolute Gasteiger partial charge is 0.486 e. The van der Waals surface area contributed by atoms with Crippen LogP contribution in [-0.2, 0) is 0 Å². The van der Waals surface area contributed by atoms with Gasteiger partial charge >= 0.3 is 0 Å². The number of anilines is 1. The molecule has 1 saturated carbocycles. The predicted octanol–water partition coefficient (Wildman–Crippen LogP) is 5.40. The highest BCUT2D eigenvalue weighted by Crippen LogP contribution is 2.40. The summed E-state index contributed by atoms with van der Waals surface area (Å²) in [6.45, 7) is 3.45. The summed E-state index contributed by atoms with van der Waals surface area (Å²) in [4.78, 5) is 2.39. The van der Waals surface area contributed by atoms with Gasteiger partial charge in [-0.1, -0.05) is 37.5 Å². The van der Waals surface area contributed by atoms with Crippen LogP contribution in [0.4, 0.5) is 5.69 Å². The first-order valence-electron chi connectivity index (χ1n) is 12.6. The van der Waals surface area contributed by atoms with Gasteiger partial charge in [-0.3, -0.25) is 0 Å². The highest BCUT2D eigenvalue weighted by Gasteiger charge is 2.29. The number of aliphatic hydroxyl groups is 1. The molecule has 2 aromatic rings. The lowest BCUT2D eigenvalue weighted by molar-refractivity contribution is 0.113. The normalized spacial score (nSPS) is 23.2. The van der Waals surface area contributed by atoms with Crippen LogP contribution in [0.15, 0.2) is 36.4 Å². The maximum Gasteiger partial charge on any atom is 0.161 e. The van der Waals surface area contributed by atoms with Crippen molar-refractivity contribution >= 4 is 5.69 Å². The molecule has 5 rings (SSSR count). The molecule has 0 spiro atoms. The highest BCUT2D eigenvalue weighted by atomic mass is 16.6. The summed E-state index contributed by atoms with van der Waals surface area (Å²) in [6.07, 6.45) is 8.64. The van der Waals surface area contributed by atoms with E-state index in [1.807, 2.05) is 24.3 Å². The third-order valence-corrected chi connectivity index (χ3v) is 7.90. The number of ether oxygens (including phenoxy) is 2. The van der Waals surface area contributed by atoms with Crippen molar-refractivity contribution in [3.8, 4) is 28.7 Å². The summed E-state index contributed by atoms with van der Waals surface area (Å²) in [6, 6.07) is 14.6. The molecule has 5 heteroatoms. The third kappa shape index (κ3) is 4.68. The van der Waals surface area contributed by atoms with Crippen LogP contribution >= 0.6 is 0 Å². The predicted molar refractivity (Wildman–Crippen MR) is 130 cm³/mol. The molecule has 2 atom stereocenters. The summed E-state index contributed by atoms with van der Waals surface area (Å²) in [7, 11) is 0. The molecule has 2 aliphatic heterocycles. The topological polar surface area (TPSA) is 65.7 Å². The molecular formula is C28H34N2O3. The van der Waals surface area contributed by atoms with Crippen molar-refractivity contribution in [1.29, 1.82) is 5.26 Å². The highest BCUT2D eigenvalue weighted by molar-refractivity contribution is 5.79. The van der Waals surface area contributed by atoms with Crippen LogP contribution in [-0.4, -0.2) is 38.0 Å². The first-order chi connectivity index (χ1) is 16.3. The van der Waals surface area contributed by atoms with Crippen LogP contribution in [0.2, 0.25) is 0 Å². The molecule has 5 nitrogen and oxygen atoms in total. The Kier molecular flexibility index (Phi) is 6.73. The molecule has 2 fully saturated rings. The maximum atomic E-state index is 10.1. The smallest absolute Gasteiger partial charge is 0.161 e. The number of nitrogens with zero attached hydrogens (tertiary/aromatic N) is 2. The Bertz CT molecular complexity index is 1010. The van der Waals surface area contributed by atoms with Crippen LogP contribution in [0.1, 0.15) is 50.5 Å². The first kappa shape index (κ1) is 22.1. The van der Waals surface area contributed by atoms with E-state index < -0.39 is 0 Å². The Morgan fingerprint density at radius 3 is 2.45 bits per heavy atom. The molecule has 174 valence electrons. The van der Waals surface area contributed by atoms with Gasteiger partial charge < -0.3 is 19.5 Å². The Morgan fingerprint density at radius 1 is 0.939 bits per heavy atom. The molecule has 3 aliphatic rings. The fraction of sp³-hybridized carbons (Fsp3) is 0.536. The van der Waals surface area contributed by atoms with Crippen molar-refractivity contribution in [1.82, 2.24) is 0 Å². The molecule has 2 unspecified atom stereocenters. The lowest BCUT2D eigenvalue weighted by Gasteiger charge is -2.38. The Labute approximate surface area is 196 Å². The average Bonchev–Trinajstić information content (AvgIpc) is 2.88. The number of fused-ring (bicyclic) bond motifs is 1. The number of rotatable bonds is 5. The van der Waals surface area contributed by atoms with Crippen LogP contribution in [0.25, 0.3) is 11.1 Å². The second-order valence-corrected chi connectivity index (χ2v) is 9.82. The van der Waals surface area contributed by atoms with Crippen LogP contribution in [0, 0.1) is 29.1 Å². The zero-order chi connectivity index (χ0) is 22.6. The second-order valence-electron chi connectivity index (χ2n) is 9.82. The fourth-order valence-electron chi connectivity index (χ4n) is 6.05. The maximum absolute atomic E-state index is 10.1. The van der Waals surface area contributed by atoms with Crippen molar-refractivity contribution in [3.05, 3.63) is 42.0 Å². The van der Waals surface area contributed by atoms with Gasteiger partial charge in [-0.25, -0.2) is 0 Å². The van der Waals surface area contributed by atoms with E-state index in [1.165, 1.54) is 32.1 Å². The minimum Gasteiger partial charge on any atom is -0.486 e. The number of aliphatic hydroxyl groups excluding tert-OH is 1. The van der Waals surface area contributed by atoms with E-state index in [9.17, 15) is 10.4 Å². The SMILES string of the molecule is N#Cc1c(-c2ccc3c(c2)OCCO3)cccc1N1CCC(CC2CCCCC2CO)CC1. The quantitative estimate of drug-likeness (QED) is 0.666. The number of piperidine rings is 1.